The van der Waals surface area contributed by atoms with E-state index in [0.29, 0.717) is 11.3 Å². The van der Waals surface area contributed by atoms with Gasteiger partial charge < -0.3 is 10.4 Å². The molecule has 1 aliphatic heterocycles. The number of carboxylic acid groups (broad SMARTS) is 1. The second-order valence-electron chi connectivity index (χ2n) is 5.97. The number of hydrogen-bond donors (Lipinski definition) is 2. The van der Waals surface area contributed by atoms with Crippen LogP contribution < -0.4 is 5.32 Å². The number of rotatable bonds is 3. The Morgan fingerprint density at radius 1 is 0.800 bits per heavy atom. The van der Waals surface area contributed by atoms with Crippen LogP contribution >= 0.6 is 0 Å². The van der Waals surface area contributed by atoms with Gasteiger partial charge in [-0.25, -0.2) is 4.79 Å². The molecule has 3 aromatic carbocycles. The third-order valence-electron chi connectivity index (χ3n) is 4.69. The van der Waals surface area contributed by atoms with Crippen molar-refractivity contribution < 1.29 is 14.7 Å². The Labute approximate surface area is 144 Å². The van der Waals surface area contributed by atoms with Crippen LogP contribution in [0, 0.1) is 0 Å². The summed E-state index contributed by atoms with van der Waals surface area (Å²) in [6.07, 6.45) is 0. The number of para-hydroxylation sites is 1. The van der Waals surface area contributed by atoms with Crippen LogP contribution in [0.1, 0.15) is 27.0 Å². The van der Waals surface area contributed by atoms with Crippen LogP contribution in [0.5, 0.6) is 0 Å². The number of fused-ring (bicyclic) bond motifs is 1. The summed E-state index contributed by atoms with van der Waals surface area (Å²) in [5, 5.41) is 12.3. The van der Waals surface area contributed by atoms with Crippen LogP contribution in [0.25, 0.3) is 0 Å². The maximum absolute atomic E-state index is 13.2. The Balaban J connectivity index is 2.10. The van der Waals surface area contributed by atoms with Crippen LogP contribution in [0.2, 0.25) is 0 Å². The van der Waals surface area contributed by atoms with Gasteiger partial charge in [0.1, 0.15) is 5.41 Å². The smallest absolute Gasteiger partial charge is 0.337 e. The quantitative estimate of drug-likeness (QED) is 0.770. The van der Waals surface area contributed by atoms with Gasteiger partial charge in [0.15, 0.2) is 0 Å². The monoisotopic (exact) mass is 329 g/mol. The fourth-order valence-electron chi connectivity index (χ4n) is 3.62. The maximum atomic E-state index is 13.2. The molecule has 1 heterocycles. The van der Waals surface area contributed by atoms with Gasteiger partial charge in [-0.15, -0.1) is 0 Å². The van der Waals surface area contributed by atoms with Crippen molar-refractivity contribution in [2.45, 2.75) is 5.41 Å². The van der Waals surface area contributed by atoms with Gasteiger partial charge in [0.05, 0.1) is 11.3 Å². The van der Waals surface area contributed by atoms with E-state index in [1.165, 1.54) is 6.07 Å². The summed E-state index contributed by atoms with van der Waals surface area (Å²) < 4.78 is 0. The van der Waals surface area contributed by atoms with Gasteiger partial charge in [-0.05, 0) is 17.2 Å². The molecule has 25 heavy (non-hydrogen) atoms. The minimum Gasteiger partial charge on any atom is -0.478 e. The van der Waals surface area contributed by atoms with Crippen molar-refractivity contribution in [3.05, 3.63) is 101 Å². The van der Waals surface area contributed by atoms with Gasteiger partial charge in [-0.1, -0.05) is 72.8 Å². The normalized spacial score (nSPS) is 14.6. The highest BCUT2D eigenvalue weighted by atomic mass is 16.4. The summed E-state index contributed by atoms with van der Waals surface area (Å²) >= 11 is 0. The summed E-state index contributed by atoms with van der Waals surface area (Å²) in [5.74, 6) is -1.30. The Bertz CT molecular complexity index is 925. The molecule has 2 N–H and O–H groups in total. The van der Waals surface area contributed by atoms with E-state index in [9.17, 15) is 14.7 Å². The first-order valence-electron chi connectivity index (χ1n) is 7.95. The molecule has 122 valence electrons. The van der Waals surface area contributed by atoms with Crippen LogP contribution in [0.15, 0.2) is 78.9 Å². The minimum atomic E-state index is -1.07. The van der Waals surface area contributed by atoms with Crippen molar-refractivity contribution in [3.63, 3.8) is 0 Å². The average Bonchev–Trinajstić information content (AvgIpc) is 2.95. The van der Waals surface area contributed by atoms with E-state index in [4.69, 9.17) is 0 Å². The number of anilines is 1. The molecule has 4 heteroatoms. The highest BCUT2D eigenvalue weighted by Gasteiger charge is 2.50. The lowest BCUT2D eigenvalue weighted by Gasteiger charge is -2.29. The summed E-state index contributed by atoms with van der Waals surface area (Å²) in [5.41, 5.74) is 1.67. The van der Waals surface area contributed by atoms with Gasteiger partial charge in [-0.3, -0.25) is 4.79 Å². The number of carbonyl (C=O) groups is 2. The van der Waals surface area contributed by atoms with E-state index in [0.717, 1.165) is 11.1 Å². The number of benzene rings is 3. The number of aromatic carboxylic acids is 1. The molecule has 0 saturated carbocycles. The molecule has 0 fully saturated rings. The van der Waals surface area contributed by atoms with Gasteiger partial charge in [0.2, 0.25) is 5.91 Å². The van der Waals surface area contributed by atoms with Crippen molar-refractivity contribution in [3.8, 4) is 0 Å². The number of nitrogens with one attached hydrogen (secondary N) is 1. The zero-order valence-electron chi connectivity index (χ0n) is 13.3. The van der Waals surface area contributed by atoms with Crippen molar-refractivity contribution in [1.29, 1.82) is 0 Å². The highest BCUT2D eigenvalue weighted by molar-refractivity contribution is 6.15. The molecule has 4 nitrogen and oxygen atoms in total. The number of carbonyl (C=O) groups excluding carboxylic acids is 1. The van der Waals surface area contributed by atoms with Crippen LogP contribution in [0.3, 0.4) is 0 Å². The second-order valence-corrected chi connectivity index (χ2v) is 5.97. The Morgan fingerprint density at radius 2 is 1.36 bits per heavy atom. The lowest BCUT2D eigenvalue weighted by molar-refractivity contribution is -0.118. The van der Waals surface area contributed by atoms with E-state index in [1.54, 1.807) is 6.07 Å². The van der Waals surface area contributed by atoms with Gasteiger partial charge in [-0.2, -0.15) is 0 Å². The highest BCUT2D eigenvalue weighted by Crippen LogP contribution is 2.48. The second kappa shape index (κ2) is 5.60. The largest absolute Gasteiger partial charge is 0.478 e. The molecule has 0 aliphatic carbocycles. The summed E-state index contributed by atoms with van der Waals surface area (Å²) in [4.78, 5) is 24.8. The van der Waals surface area contributed by atoms with E-state index < -0.39 is 11.4 Å². The molecule has 3 aromatic rings. The summed E-state index contributed by atoms with van der Waals surface area (Å²) in [6.45, 7) is 0. The Morgan fingerprint density at radius 3 is 1.88 bits per heavy atom. The van der Waals surface area contributed by atoms with Gasteiger partial charge in [0, 0.05) is 5.56 Å². The first-order valence-corrected chi connectivity index (χ1v) is 7.95. The van der Waals surface area contributed by atoms with Crippen LogP contribution in [-0.4, -0.2) is 17.0 Å². The zero-order chi connectivity index (χ0) is 17.4. The minimum absolute atomic E-state index is 0.0968. The van der Waals surface area contributed by atoms with Crippen LogP contribution in [0.4, 0.5) is 5.69 Å². The average molecular weight is 329 g/mol. The van der Waals surface area contributed by atoms with E-state index >= 15 is 0 Å². The van der Waals surface area contributed by atoms with Gasteiger partial charge in [0.25, 0.3) is 0 Å². The molecule has 1 aliphatic rings. The number of hydrogen-bond acceptors (Lipinski definition) is 2. The first-order chi connectivity index (χ1) is 12.2. The fraction of sp³-hybridized carbons (Fsp3) is 0.0476. The summed E-state index contributed by atoms with van der Waals surface area (Å²) in [7, 11) is 0. The van der Waals surface area contributed by atoms with Crippen LogP contribution in [-0.2, 0) is 10.2 Å². The Hall–Kier alpha value is -3.40. The van der Waals surface area contributed by atoms with E-state index in [2.05, 4.69) is 5.32 Å². The molecule has 0 bridgehead atoms. The number of carboxylic acids is 1. The third kappa shape index (κ3) is 2.08. The van der Waals surface area contributed by atoms with E-state index in [-0.39, 0.29) is 11.5 Å². The molecule has 0 atom stereocenters. The molecule has 0 radical (unpaired) electrons. The fourth-order valence-corrected chi connectivity index (χ4v) is 3.62. The van der Waals surface area contributed by atoms with E-state index in [1.807, 2.05) is 66.7 Å². The van der Waals surface area contributed by atoms with Crippen molar-refractivity contribution >= 4 is 17.6 Å². The first kappa shape index (κ1) is 15.1. The predicted octanol–water partition coefficient (Wildman–Crippen LogP) is 3.67. The van der Waals surface area contributed by atoms with Crippen molar-refractivity contribution in [1.82, 2.24) is 0 Å². The SMILES string of the molecule is O=C(O)c1cccc2c1NC(=O)C2(c1ccccc1)c1ccccc1. The number of amides is 1. The Kier molecular flexibility index (Phi) is 3.39. The molecule has 0 unspecified atom stereocenters. The molecular formula is C21H15NO3. The summed E-state index contributed by atoms with van der Waals surface area (Å²) in [6, 6.07) is 23.9. The third-order valence-corrected chi connectivity index (χ3v) is 4.69. The molecule has 0 aromatic heterocycles. The van der Waals surface area contributed by atoms with Crippen molar-refractivity contribution in [2.75, 3.05) is 5.32 Å². The van der Waals surface area contributed by atoms with Crippen molar-refractivity contribution in [2.24, 2.45) is 0 Å². The van der Waals surface area contributed by atoms with Gasteiger partial charge >= 0.3 is 5.97 Å². The lowest BCUT2D eigenvalue weighted by atomic mass is 9.70. The predicted molar refractivity (Wildman–Crippen MR) is 94.8 cm³/mol. The molecule has 4 rings (SSSR count). The topological polar surface area (TPSA) is 66.4 Å². The lowest BCUT2D eigenvalue weighted by Crippen LogP contribution is -2.36. The maximum Gasteiger partial charge on any atom is 0.337 e. The molecular weight excluding hydrogens is 314 g/mol. The zero-order valence-corrected chi connectivity index (χ0v) is 13.3. The molecule has 1 amide bonds. The standard InChI is InChI=1S/C21H15NO3/c23-19(24)16-12-7-13-17-18(16)22-20(25)21(17,14-8-3-1-4-9-14)15-10-5-2-6-11-15/h1-13H,(H,22,25)(H,23,24). The molecule has 0 spiro atoms. The molecule has 0 saturated heterocycles.